The summed E-state index contributed by atoms with van der Waals surface area (Å²) in [5.41, 5.74) is 1.51. The maximum absolute atomic E-state index is 12.7. The largest absolute Gasteiger partial charge is 0.418 e. The second-order valence-corrected chi connectivity index (χ2v) is 6.35. The van der Waals surface area contributed by atoms with Crippen LogP contribution in [-0.2, 0) is 12.6 Å². The molecule has 0 fully saturated rings. The van der Waals surface area contributed by atoms with Crippen molar-refractivity contribution >= 4 is 11.6 Å². The number of benzene rings is 2. The van der Waals surface area contributed by atoms with Crippen molar-refractivity contribution < 1.29 is 22.7 Å². The minimum Gasteiger partial charge on any atom is -0.418 e. The number of nitrogens with zero attached hydrogens (tertiary/aromatic N) is 2. The molecule has 0 amide bonds. The summed E-state index contributed by atoms with van der Waals surface area (Å²) in [5, 5.41) is 17.7. The molecule has 1 N–H and O–H groups in total. The average Bonchev–Trinajstić information content (AvgIpc) is 3.12. The zero-order valence-corrected chi connectivity index (χ0v) is 14.8. The summed E-state index contributed by atoms with van der Waals surface area (Å²) in [6.07, 6.45) is -4.61. The van der Waals surface area contributed by atoms with Crippen LogP contribution in [-0.4, -0.2) is 21.2 Å². The number of rotatable bonds is 6. The van der Waals surface area contributed by atoms with E-state index in [1.54, 1.807) is 12.1 Å². The van der Waals surface area contributed by atoms with Gasteiger partial charge in [-0.1, -0.05) is 30.3 Å². The fourth-order valence-corrected chi connectivity index (χ4v) is 2.83. The monoisotopic (exact) mass is 396 g/mol. The van der Waals surface area contributed by atoms with E-state index in [0.717, 1.165) is 23.3 Å². The molecule has 3 rings (SSSR count). The maximum atomic E-state index is 12.7. The standard InChI is InChI=1S/C19H16ClF3N2O2/c20-10-9-16(26)18-25-24-17(27-18)15-4-2-1-3-13(15)11-12-5-7-14(8-6-12)19(21,22)23/h1-8,16,26H,9-11H2. The predicted octanol–water partition coefficient (Wildman–Crippen LogP) is 5.01. The van der Waals surface area contributed by atoms with Gasteiger partial charge >= 0.3 is 6.18 Å². The van der Waals surface area contributed by atoms with Crippen molar-refractivity contribution in [1.29, 1.82) is 0 Å². The summed E-state index contributed by atoms with van der Waals surface area (Å²) in [6, 6.07) is 12.3. The van der Waals surface area contributed by atoms with Crippen molar-refractivity contribution in [2.45, 2.75) is 25.1 Å². The number of alkyl halides is 4. The van der Waals surface area contributed by atoms with E-state index in [2.05, 4.69) is 10.2 Å². The molecular formula is C19H16ClF3N2O2. The third-order valence-electron chi connectivity index (χ3n) is 4.03. The molecule has 0 radical (unpaired) electrons. The second kappa shape index (κ2) is 8.10. The molecule has 0 aliphatic heterocycles. The molecule has 0 saturated carbocycles. The Morgan fingerprint density at radius 2 is 1.74 bits per heavy atom. The Morgan fingerprint density at radius 3 is 2.41 bits per heavy atom. The summed E-state index contributed by atoms with van der Waals surface area (Å²) in [4.78, 5) is 0. The number of aliphatic hydroxyl groups is 1. The third-order valence-corrected chi connectivity index (χ3v) is 4.25. The van der Waals surface area contributed by atoms with Crippen LogP contribution in [0.3, 0.4) is 0 Å². The van der Waals surface area contributed by atoms with E-state index in [0.29, 0.717) is 12.0 Å². The van der Waals surface area contributed by atoms with E-state index >= 15 is 0 Å². The molecule has 0 saturated heterocycles. The molecule has 1 heterocycles. The fraction of sp³-hybridized carbons (Fsp3) is 0.263. The van der Waals surface area contributed by atoms with Gasteiger partial charge in [-0.25, -0.2) is 0 Å². The van der Waals surface area contributed by atoms with Gasteiger partial charge in [0.1, 0.15) is 6.10 Å². The van der Waals surface area contributed by atoms with Gasteiger partial charge in [0.15, 0.2) is 0 Å². The first-order valence-corrected chi connectivity index (χ1v) is 8.74. The van der Waals surface area contributed by atoms with Crippen LogP contribution in [0.1, 0.15) is 35.1 Å². The van der Waals surface area contributed by atoms with E-state index in [-0.39, 0.29) is 24.1 Å². The van der Waals surface area contributed by atoms with Gasteiger partial charge in [0.05, 0.1) is 5.56 Å². The Morgan fingerprint density at radius 1 is 1.04 bits per heavy atom. The first kappa shape index (κ1) is 19.4. The van der Waals surface area contributed by atoms with Gasteiger partial charge in [-0.05, 0) is 42.2 Å². The number of hydrogen-bond donors (Lipinski definition) is 1. The van der Waals surface area contributed by atoms with Crippen molar-refractivity contribution in [1.82, 2.24) is 10.2 Å². The highest BCUT2D eigenvalue weighted by atomic mass is 35.5. The first-order valence-electron chi connectivity index (χ1n) is 8.20. The smallest absolute Gasteiger partial charge is 0.416 e. The summed E-state index contributed by atoms with van der Waals surface area (Å²) in [5.74, 6) is 0.569. The lowest BCUT2D eigenvalue weighted by Gasteiger charge is -2.09. The Labute approximate surface area is 158 Å². The highest BCUT2D eigenvalue weighted by Crippen LogP contribution is 2.30. The number of aromatic nitrogens is 2. The van der Waals surface area contributed by atoms with Gasteiger partial charge < -0.3 is 9.52 Å². The summed E-state index contributed by atoms with van der Waals surface area (Å²) < 4.78 is 43.6. The summed E-state index contributed by atoms with van der Waals surface area (Å²) in [6.45, 7) is 0. The summed E-state index contributed by atoms with van der Waals surface area (Å²) in [7, 11) is 0. The molecule has 3 aromatic rings. The molecule has 8 heteroatoms. The van der Waals surface area contributed by atoms with Crippen molar-refractivity contribution in [3.05, 3.63) is 71.1 Å². The van der Waals surface area contributed by atoms with Crippen LogP contribution in [0.2, 0.25) is 0 Å². The molecule has 0 spiro atoms. The van der Waals surface area contributed by atoms with Crippen molar-refractivity contribution in [2.75, 3.05) is 5.88 Å². The van der Waals surface area contributed by atoms with Crippen LogP contribution in [0.5, 0.6) is 0 Å². The first-order chi connectivity index (χ1) is 12.9. The van der Waals surface area contributed by atoms with Gasteiger partial charge in [-0.3, -0.25) is 0 Å². The Hall–Kier alpha value is -2.38. The molecule has 1 unspecified atom stereocenters. The SMILES string of the molecule is OC(CCCl)c1nnc(-c2ccccc2Cc2ccc(C(F)(F)F)cc2)o1. The molecule has 1 aromatic heterocycles. The zero-order chi connectivity index (χ0) is 19.4. The molecular weight excluding hydrogens is 381 g/mol. The van der Waals surface area contributed by atoms with E-state index < -0.39 is 17.8 Å². The molecule has 4 nitrogen and oxygen atoms in total. The Balaban J connectivity index is 1.84. The van der Waals surface area contributed by atoms with Crippen molar-refractivity contribution in [3.63, 3.8) is 0 Å². The van der Waals surface area contributed by atoms with Gasteiger partial charge in [-0.15, -0.1) is 21.8 Å². The van der Waals surface area contributed by atoms with E-state index in [9.17, 15) is 18.3 Å². The molecule has 0 aliphatic carbocycles. The minimum atomic E-state index is -4.36. The van der Waals surface area contributed by atoms with Crippen LogP contribution in [0.15, 0.2) is 52.9 Å². The van der Waals surface area contributed by atoms with Crippen molar-refractivity contribution in [2.24, 2.45) is 0 Å². The second-order valence-electron chi connectivity index (χ2n) is 5.97. The lowest BCUT2D eigenvalue weighted by Crippen LogP contribution is -2.04. The summed E-state index contributed by atoms with van der Waals surface area (Å²) >= 11 is 5.60. The zero-order valence-electron chi connectivity index (χ0n) is 14.1. The molecule has 27 heavy (non-hydrogen) atoms. The Kier molecular flexibility index (Phi) is 5.82. The van der Waals surface area contributed by atoms with E-state index in [4.69, 9.17) is 16.0 Å². The molecule has 2 aromatic carbocycles. The number of hydrogen-bond acceptors (Lipinski definition) is 4. The van der Waals surface area contributed by atoms with Gasteiger partial charge in [0.25, 0.3) is 0 Å². The lowest BCUT2D eigenvalue weighted by atomic mass is 9.99. The van der Waals surface area contributed by atoms with E-state index in [1.165, 1.54) is 12.1 Å². The number of aliphatic hydroxyl groups excluding tert-OH is 1. The third kappa shape index (κ3) is 4.67. The van der Waals surface area contributed by atoms with Crippen LogP contribution in [0.25, 0.3) is 11.5 Å². The fourth-order valence-electron chi connectivity index (χ4n) is 2.62. The van der Waals surface area contributed by atoms with Gasteiger partial charge in [0.2, 0.25) is 11.8 Å². The lowest BCUT2D eigenvalue weighted by molar-refractivity contribution is -0.137. The van der Waals surface area contributed by atoms with Crippen molar-refractivity contribution in [3.8, 4) is 11.5 Å². The average molecular weight is 397 g/mol. The Bertz CT molecular complexity index is 894. The predicted molar refractivity (Wildman–Crippen MR) is 94.3 cm³/mol. The van der Waals surface area contributed by atoms with Crippen LogP contribution in [0.4, 0.5) is 13.2 Å². The number of halogens is 4. The highest BCUT2D eigenvalue weighted by Gasteiger charge is 2.30. The maximum Gasteiger partial charge on any atom is 0.416 e. The molecule has 1 atom stereocenters. The van der Waals surface area contributed by atoms with Crippen LogP contribution >= 0.6 is 11.6 Å². The van der Waals surface area contributed by atoms with Crippen LogP contribution in [0, 0.1) is 0 Å². The van der Waals surface area contributed by atoms with E-state index in [1.807, 2.05) is 12.1 Å². The molecule has 0 aliphatic rings. The minimum absolute atomic E-state index is 0.0787. The normalized spacial score (nSPS) is 12.9. The van der Waals surface area contributed by atoms with Gasteiger partial charge in [-0.2, -0.15) is 13.2 Å². The highest BCUT2D eigenvalue weighted by molar-refractivity contribution is 6.17. The topological polar surface area (TPSA) is 59.2 Å². The molecule has 142 valence electrons. The molecule has 0 bridgehead atoms. The van der Waals surface area contributed by atoms with Gasteiger partial charge in [0, 0.05) is 11.4 Å². The quantitative estimate of drug-likeness (QED) is 0.595. The van der Waals surface area contributed by atoms with Crippen LogP contribution < -0.4 is 0 Å².